The first-order chi connectivity index (χ1) is 14.1. The maximum absolute atomic E-state index is 13.1. The van der Waals surface area contributed by atoms with Crippen molar-refractivity contribution in [2.24, 2.45) is 5.92 Å². The molecule has 5 rings (SSSR count). The van der Waals surface area contributed by atoms with Gasteiger partial charge in [0.05, 0.1) is 10.3 Å². The van der Waals surface area contributed by atoms with Crippen molar-refractivity contribution in [1.29, 1.82) is 0 Å². The van der Waals surface area contributed by atoms with Gasteiger partial charge in [0.25, 0.3) is 0 Å². The Labute approximate surface area is 175 Å². The van der Waals surface area contributed by atoms with Crippen molar-refractivity contribution >= 4 is 37.4 Å². The van der Waals surface area contributed by atoms with Crippen LogP contribution < -0.4 is 4.90 Å². The van der Waals surface area contributed by atoms with Crippen molar-refractivity contribution < 1.29 is 8.42 Å². The van der Waals surface area contributed by atoms with Gasteiger partial charge in [-0.05, 0) is 43.4 Å². The molecular weight excluding hydrogens is 404 g/mol. The van der Waals surface area contributed by atoms with Crippen molar-refractivity contribution in [3.63, 3.8) is 0 Å². The molecular formula is C21H24N4O2S2. The number of benzene rings is 1. The quantitative estimate of drug-likeness (QED) is 0.636. The molecule has 8 heteroatoms. The standard InChI is InChI=1S/C21H24N4O2S2/c1-2-16-12-18-20(22-14-23-21(18)28-16)24-10-9-19-15(13-24)8-11-25(19)29(26,27)17-6-4-3-5-7-17/h3-7,12,14-15,19H,2,8-11,13H2,1H3/t15-,19+/m0/s1. The van der Waals surface area contributed by atoms with Crippen LogP contribution in [0.1, 0.15) is 24.6 Å². The average Bonchev–Trinajstić information content (AvgIpc) is 3.37. The molecule has 0 bridgehead atoms. The van der Waals surface area contributed by atoms with Crippen LogP contribution in [0.3, 0.4) is 0 Å². The second-order valence-corrected chi connectivity index (χ2v) is 10.8. The zero-order valence-corrected chi connectivity index (χ0v) is 18.0. The van der Waals surface area contributed by atoms with E-state index in [9.17, 15) is 8.42 Å². The normalized spacial score (nSPS) is 22.9. The topological polar surface area (TPSA) is 66.4 Å². The number of rotatable bonds is 4. The van der Waals surface area contributed by atoms with Gasteiger partial charge < -0.3 is 4.90 Å². The number of sulfonamides is 1. The Kier molecular flexibility index (Phi) is 4.80. The first-order valence-corrected chi connectivity index (χ1v) is 12.4. The summed E-state index contributed by atoms with van der Waals surface area (Å²) in [6, 6.07) is 11.1. The highest BCUT2D eigenvalue weighted by molar-refractivity contribution is 7.89. The molecule has 0 amide bonds. The Hall–Kier alpha value is -2.03. The third-order valence-electron chi connectivity index (χ3n) is 6.14. The van der Waals surface area contributed by atoms with Crippen molar-refractivity contribution in [1.82, 2.24) is 14.3 Å². The molecule has 0 N–H and O–H groups in total. The van der Waals surface area contributed by atoms with Crippen molar-refractivity contribution in [3.8, 4) is 0 Å². The van der Waals surface area contributed by atoms with Crippen LogP contribution in [-0.2, 0) is 16.4 Å². The summed E-state index contributed by atoms with van der Waals surface area (Å²) < 4.78 is 28.0. The molecule has 3 aromatic rings. The summed E-state index contributed by atoms with van der Waals surface area (Å²) in [4.78, 5) is 14.1. The van der Waals surface area contributed by atoms with Gasteiger partial charge in [0, 0.05) is 30.6 Å². The number of aryl methyl sites for hydroxylation is 1. The Morgan fingerprint density at radius 2 is 1.97 bits per heavy atom. The number of anilines is 1. The van der Waals surface area contributed by atoms with Crippen molar-refractivity contribution in [2.45, 2.75) is 37.1 Å². The summed E-state index contributed by atoms with van der Waals surface area (Å²) in [5, 5.41) is 1.12. The highest BCUT2D eigenvalue weighted by Gasteiger charge is 2.44. The third-order valence-corrected chi connectivity index (χ3v) is 9.27. The lowest BCUT2D eigenvalue weighted by atomic mass is 9.93. The van der Waals surface area contributed by atoms with Crippen LogP contribution >= 0.6 is 11.3 Å². The van der Waals surface area contributed by atoms with E-state index >= 15 is 0 Å². The van der Waals surface area contributed by atoms with Crippen LogP contribution in [0.25, 0.3) is 10.2 Å². The Morgan fingerprint density at radius 1 is 1.14 bits per heavy atom. The molecule has 2 saturated heterocycles. The van der Waals surface area contributed by atoms with Gasteiger partial charge in [-0.25, -0.2) is 18.4 Å². The molecule has 29 heavy (non-hydrogen) atoms. The lowest BCUT2D eigenvalue weighted by molar-refractivity contribution is 0.292. The van der Waals surface area contributed by atoms with Crippen molar-refractivity contribution in [3.05, 3.63) is 47.6 Å². The van der Waals surface area contributed by atoms with E-state index < -0.39 is 10.0 Å². The predicted molar refractivity (Wildman–Crippen MR) is 116 cm³/mol. The van der Waals surface area contributed by atoms with Crippen LogP contribution in [0.4, 0.5) is 5.82 Å². The highest BCUT2D eigenvalue weighted by atomic mass is 32.2. The van der Waals surface area contributed by atoms with Crippen LogP contribution in [-0.4, -0.2) is 48.4 Å². The van der Waals surface area contributed by atoms with E-state index in [2.05, 4.69) is 27.9 Å². The summed E-state index contributed by atoms with van der Waals surface area (Å²) in [6.07, 6.45) is 4.37. The van der Waals surface area contributed by atoms with Crippen molar-refractivity contribution in [2.75, 3.05) is 24.5 Å². The number of hydrogen-bond donors (Lipinski definition) is 0. The summed E-state index contributed by atoms with van der Waals surface area (Å²) in [7, 11) is -3.44. The predicted octanol–water partition coefficient (Wildman–Crippen LogP) is 3.54. The molecule has 0 radical (unpaired) electrons. The second-order valence-electron chi connectivity index (χ2n) is 7.76. The maximum Gasteiger partial charge on any atom is 0.243 e. The minimum absolute atomic E-state index is 0.0717. The summed E-state index contributed by atoms with van der Waals surface area (Å²) >= 11 is 1.73. The first-order valence-electron chi connectivity index (χ1n) is 10.1. The molecule has 152 valence electrons. The molecule has 0 unspecified atom stereocenters. The monoisotopic (exact) mass is 428 g/mol. The molecule has 2 aromatic heterocycles. The molecule has 1 aromatic carbocycles. The molecule has 2 atom stereocenters. The third kappa shape index (κ3) is 3.23. The Bertz CT molecular complexity index is 1130. The van der Waals surface area contributed by atoms with Crippen LogP contribution in [0.5, 0.6) is 0 Å². The van der Waals surface area contributed by atoms with Gasteiger partial charge >= 0.3 is 0 Å². The molecule has 4 heterocycles. The van der Waals surface area contributed by atoms with E-state index in [1.165, 1.54) is 4.88 Å². The number of fused-ring (bicyclic) bond motifs is 2. The molecule has 2 fully saturated rings. The fourth-order valence-electron chi connectivity index (χ4n) is 4.68. The van der Waals surface area contributed by atoms with E-state index in [4.69, 9.17) is 0 Å². The van der Waals surface area contributed by atoms with Gasteiger partial charge in [-0.15, -0.1) is 11.3 Å². The molecule has 2 aliphatic heterocycles. The van der Waals surface area contributed by atoms with Gasteiger partial charge in [0.1, 0.15) is 17.0 Å². The second kappa shape index (κ2) is 7.34. The zero-order chi connectivity index (χ0) is 20.0. The first kappa shape index (κ1) is 19.0. The summed E-state index contributed by atoms with van der Waals surface area (Å²) in [6.45, 7) is 4.40. The lowest BCUT2D eigenvalue weighted by Gasteiger charge is -2.38. The minimum atomic E-state index is -3.44. The van der Waals surface area contributed by atoms with Gasteiger partial charge in [0.2, 0.25) is 10.0 Å². The maximum atomic E-state index is 13.1. The molecule has 2 aliphatic rings. The van der Waals surface area contributed by atoms with Gasteiger partial charge in [0.15, 0.2) is 0 Å². The number of thiophene rings is 1. The zero-order valence-electron chi connectivity index (χ0n) is 16.4. The van der Waals surface area contributed by atoms with E-state index in [1.54, 1.807) is 46.2 Å². The smallest absolute Gasteiger partial charge is 0.243 e. The van der Waals surface area contributed by atoms with Crippen LogP contribution in [0.15, 0.2) is 47.6 Å². The highest BCUT2D eigenvalue weighted by Crippen LogP contribution is 2.38. The molecule has 0 aliphatic carbocycles. The van der Waals surface area contributed by atoms with Crippen LogP contribution in [0.2, 0.25) is 0 Å². The molecule has 6 nitrogen and oxygen atoms in total. The van der Waals surface area contributed by atoms with Crippen LogP contribution in [0, 0.1) is 5.92 Å². The number of piperidine rings is 1. The van der Waals surface area contributed by atoms with E-state index in [1.807, 2.05) is 6.07 Å². The van der Waals surface area contributed by atoms with Gasteiger partial charge in [-0.2, -0.15) is 4.31 Å². The lowest BCUT2D eigenvalue weighted by Crippen LogP contribution is -2.47. The van der Waals surface area contributed by atoms with Gasteiger partial charge in [-0.1, -0.05) is 25.1 Å². The minimum Gasteiger partial charge on any atom is -0.356 e. The SMILES string of the molecule is CCc1cc2c(N3CC[C@@H]4[C@@H](CCN4S(=O)(=O)c4ccccc4)C3)ncnc2s1. The summed E-state index contributed by atoms with van der Waals surface area (Å²) in [5.74, 6) is 1.32. The Morgan fingerprint density at radius 3 is 2.76 bits per heavy atom. The number of nitrogens with zero attached hydrogens (tertiary/aromatic N) is 4. The molecule has 0 saturated carbocycles. The Balaban J connectivity index is 1.39. The van der Waals surface area contributed by atoms with E-state index in [-0.39, 0.29) is 6.04 Å². The average molecular weight is 429 g/mol. The number of hydrogen-bond acceptors (Lipinski definition) is 6. The fraction of sp³-hybridized carbons (Fsp3) is 0.429. The van der Waals surface area contributed by atoms with E-state index in [0.717, 1.165) is 48.4 Å². The fourth-order valence-corrected chi connectivity index (χ4v) is 7.36. The molecule has 0 spiro atoms. The number of aromatic nitrogens is 2. The largest absolute Gasteiger partial charge is 0.356 e. The summed E-state index contributed by atoms with van der Waals surface area (Å²) in [5.41, 5.74) is 0. The van der Waals surface area contributed by atoms with E-state index in [0.29, 0.717) is 17.4 Å². The van der Waals surface area contributed by atoms with Gasteiger partial charge in [-0.3, -0.25) is 0 Å².